The molecule has 0 aliphatic carbocycles. The van der Waals surface area contributed by atoms with Crippen molar-refractivity contribution >= 4 is 19.7 Å². The molecule has 8 nitrogen and oxygen atoms in total. The number of aromatic nitrogens is 1. The van der Waals surface area contributed by atoms with Gasteiger partial charge in [0.15, 0.2) is 0 Å². The summed E-state index contributed by atoms with van der Waals surface area (Å²) in [6, 6.07) is 6.21. The van der Waals surface area contributed by atoms with Crippen LogP contribution in [0, 0.1) is 11.8 Å². The van der Waals surface area contributed by atoms with Crippen LogP contribution in [0.4, 0.5) is 0 Å². The Morgan fingerprint density at radius 1 is 0.892 bits per heavy atom. The summed E-state index contributed by atoms with van der Waals surface area (Å²) in [6.07, 6.45) is 4.35. The molecule has 0 saturated carbocycles. The number of ether oxygens (including phenoxy) is 2. The molecule has 4 atom stereocenters. The minimum Gasteiger partial charge on any atom is -1.00 e. The van der Waals surface area contributed by atoms with E-state index < -0.39 is 0 Å². The molecule has 210 valence electrons. The number of halogens is 3. The molecule has 1 aromatic rings. The third-order valence-electron chi connectivity index (χ3n) is 6.90. The Morgan fingerprint density at radius 3 is 1.70 bits per heavy atom. The molecule has 7 heterocycles. The Kier molecular flexibility index (Phi) is 14.2. The molecule has 4 fully saturated rings. The first-order valence-electron chi connectivity index (χ1n) is 12.2. The van der Waals surface area contributed by atoms with Crippen LogP contribution in [0.3, 0.4) is 0 Å². The molecular weight excluding hydrogens is 734 g/mol. The molecule has 6 aliphatic rings. The normalized spacial score (nSPS) is 32.4. The average Bonchev–Trinajstić information content (AvgIpc) is 3.43. The minimum absolute atomic E-state index is 0. The van der Waals surface area contributed by atoms with E-state index in [1.54, 1.807) is 0 Å². The molecule has 7 rings (SSSR count). The Labute approximate surface area is 265 Å². The van der Waals surface area contributed by atoms with Crippen LogP contribution in [0.2, 0.25) is 0 Å². The van der Waals surface area contributed by atoms with Crippen LogP contribution in [0.25, 0.3) is 0 Å². The zero-order valence-corrected chi connectivity index (χ0v) is 28.4. The summed E-state index contributed by atoms with van der Waals surface area (Å²) in [5, 5.41) is 0. The number of quaternary nitrogens is 1. The van der Waals surface area contributed by atoms with E-state index in [0.29, 0.717) is 44.8 Å². The van der Waals surface area contributed by atoms with Gasteiger partial charge < -0.3 is 58.3 Å². The standard InChI is InChI=1S/C17H23N3O2.C7H15N3P.2ClH.HI.Ru/c1-10(2)14-8-21-16(19-14)12-6-5-7-13(18-12)17-20-15(9-22-17)11(3)4;1-10-3-8-2-9(4-10)6-11(5-8)7-10;;;;/h5-7,10-11,14-15H,8-9H2,1-4H3;2-7H2,1H3;3*1H;/q;+1;;;;+2/p-3/t14-,15-;;;;;/m0...../s1. The summed E-state index contributed by atoms with van der Waals surface area (Å²) >= 11 is 0. The van der Waals surface area contributed by atoms with E-state index in [2.05, 4.69) is 59.5 Å². The second-order valence-corrected chi connectivity index (χ2v) is 13.2. The summed E-state index contributed by atoms with van der Waals surface area (Å²) < 4.78 is 12.7. The van der Waals surface area contributed by atoms with Crippen molar-refractivity contribution in [3.05, 3.63) is 29.6 Å². The number of rotatable bonds is 4. The van der Waals surface area contributed by atoms with Gasteiger partial charge in [0.1, 0.15) is 44.2 Å². The van der Waals surface area contributed by atoms with Crippen LogP contribution in [-0.4, -0.2) is 102 Å². The zero-order chi connectivity index (χ0) is 23.2. The van der Waals surface area contributed by atoms with Crippen LogP contribution in [0.15, 0.2) is 28.2 Å². The van der Waals surface area contributed by atoms with Gasteiger partial charge in [-0.25, -0.2) is 24.8 Å². The fourth-order valence-electron chi connectivity index (χ4n) is 5.25. The number of hydrogen-bond donors (Lipinski definition) is 0. The van der Waals surface area contributed by atoms with Crippen molar-refractivity contribution < 1.29 is 82.2 Å². The predicted octanol–water partition coefficient (Wildman–Crippen LogP) is -6.00. The zero-order valence-electron chi connectivity index (χ0n) is 22.1. The number of hydrogen-bond acceptors (Lipinski definition) is 7. The first kappa shape index (κ1) is 35.4. The van der Waals surface area contributed by atoms with E-state index in [4.69, 9.17) is 9.47 Å². The second-order valence-electron chi connectivity index (χ2n) is 11.0. The first-order valence-corrected chi connectivity index (χ1v) is 14.1. The van der Waals surface area contributed by atoms with Gasteiger partial charge in [0, 0.05) is 12.6 Å². The van der Waals surface area contributed by atoms with Gasteiger partial charge in [-0.1, -0.05) is 33.8 Å². The third-order valence-corrected chi connectivity index (χ3v) is 9.58. The molecule has 4 bridgehead atoms. The molecular formula is C24H38Cl2IN6O2PRu. The molecule has 0 amide bonds. The van der Waals surface area contributed by atoms with Gasteiger partial charge in [-0.3, -0.25) is 4.48 Å². The molecule has 13 heteroatoms. The maximum Gasteiger partial charge on any atom is 2.00 e. The van der Waals surface area contributed by atoms with Crippen molar-refractivity contribution in [3.63, 3.8) is 0 Å². The molecule has 1 aromatic heterocycles. The van der Waals surface area contributed by atoms with Gasteiger partial charge in [0.05, 0.1) is 25.8 Å². The molecule has 0 radical (unpaired) electrons. The number of nitrogens with zero attached hydrogens (tertiary/aromatic N) is 6. The van der Waals surface area contributed by atoms with Crippen LogP contribution >= 0.6 is 7.92 Å². The van der Waals surface area contributed by atoms with Crippen LogP contribution < -0.4 is 48.8 Å². The van der Waals surface area contributed by atoms with Crippen molar-refractivity contribution in [3.8, 4) is 0 Å². The average molecular weight is 772 g/mol. The Balaban J connectivity index is 0.000000388. The molecule has 37 heavy (non-hydrogen) atoms. The summed E-state index contributed by atoms with van der Waals surface area (Å²) in [5.74, 6) is 2.18. The molecule has 0 spiro atoms. The largest absolute Gasteiger partial charge is 2.00 e. The van der Waals surface area contributed by atoms with Crippen molar-refractivity contribution in [1.29, 1.82) is 0 Å². The molecule has 2 unspecified atom stereocenters. The van der Waals surface area contributed by atoms with Crippen molar-refractivity contribution in [2.75, 3.05) is 59.1 Å². The number of aliphatic imine (C=N–C) groups is 2. The van der Waals surface area contributed by atoms with Gasteiger partial charge in [0.25, 0.3) is 0 Å². The van der Waals surface area contributed by atoms with E-state index in [1.807, 2.05) is 18.2 Å². The van der Waals surface area contributed by atoms with Gasteiger partial charge in [0.2, 0.25) is 11.8 Å². The Hall–Kier alpha value is 0.333. The van der Waals surface area contributed by atoms with E-state index in [9.17, 15) is 0 Å². The van der Waals surface area contributed by atoms with Crippen LogP contribution in [-0.2, 0) is 29.0 Å². The fourth-order valence-corrected chi connectivity index (χ4v) is 8.15. The maximum absolute atomic E-state index is 5.70. The van der Waals surface area contributed by atoms with Crippen LogP contribution in [0.1, 0.15) is 39.1 Å². The predicted molar refractivity (Wildman–Crippen MR) is 132 cm³/mol. The van der Waals surface area contributed by atoms with Crippen LogP contribution in [0.5, 0.6) is 0 Å². The Morgan fingerprint density at radius 2 is 1.35 bits per heavy atom. The molecule has 0 aromatic carbocycles. The van der Waals surface area contributed by atoms with Crippen molar-refractivity contribution in [2.45, 2.75) is 39.8 Å². The summed E-state index contributed by atoms with van der Waals surface area (Å²) in [6.45, 7) is 13.7. The Bertz CT molecular complexity index is 873. The first-order chi connectivity index (χ1) is 15.8. The smallest absolute Gasteiger partial charge is 1.00 e. The molecule has 0 N–H and O–H groups in total. The summed E-state index contributed by atoms with van der Waals surface area (Å²) in [4.78, 5) is 19.1. The number of pyridine rings is 1. The molecule has 6 aliphatic heterocycles. The van der Waals surface area contributed by atoms with Gasteiger partial charge in [-0.15, -0.1) is 0 Å². The van der Waals surface area contributed by atoms with Crippen molar-refractivity contribution in [1.82, 2.24) is 14.8 Å². The summed E-state index contributed by atoms with van der Waals surface area (Å²) in [5.41, 5.74) is 1.50. The van der Waals surface area contributed by atoms with E-state index in [1.165, 1.54) is 43.3 Å². The monoisotopic (exact) mass is 772 g/mol. The van der Waals surface area contributed by atoms with E-state index in [-0.39, 0.29) is 80.4 Å². The second kappa shape index (κ2) is 14.8. The van der Waals surface area contributed by atoms with E-state index in [0.717, 1.165) is 11.4 Å². The van der Waals surface area contributed by atoms with Gasteiger partial charge in [-0.05, 0) is 31.9 Å². The van der Waals surface area contributed by atoms with E-state index >= 15 is 0 Å². The quantitative estimate of drug-likeness (QED) is 0.132. The minimum atomic E-state index is 0. The van der Waals surface area contributed by atoms with Crippen molar-refractivity contribution in [2.24, 2.45) is 21.8 Å². The van der Waals surface area contributed by atoms with Gasteiger partial charge >= 0.3 is 19.5 Å². The maximum atomic E-state index is 5.70. The fraction of sp³-hybridized carbons (Fsp3) is 0.708. The SMILES string of the molecule is CC(C)[C@@H]1COC(c2cccc(C3=N[C@H](C(C)C)CO3)n2)=N1.C[N+]12CN3CN(CP(C3)C1)C2.[Cl-].[Cl-].[I-].[Ru+2]. The third kappa shape index (κ3) is 8.42. The topological polar surface area (TPSA) is 62.6 Å². The molecule has 4 saturated heterocycles. The summed E-state index contributed by atoms with van der Waals surface area (Å²) in [7, 11) is 2.77. The van der Waals surface area contributed by atoms with Gasteiger partial charge in [-0.2, -0.15) is 0 Å².